The van der Waals surface area contributed by atoms with Gasteiger partial charge in [-0.05, 0) is 42.8 Å². The average Bonchev–Trinajstić information content (AvgIpc) is 2.53. The van der Waals surface area contributed by atoms with E-state index in [-0.39, 0.29) is 17.9 Å². The molecular weight excluding hydrogens is 388 g/mol. The van der Waals surface area contributed by atoms with Crippen LogP contribution in [0, 0.1) is 5.92 Å². The summed E-state index contributed by atoms with van der Waals surface area (Å²) in [5, 5.41) is 6.75. The fourth-order valence-electron chi connectivity index (χ4n) is 2.43. The first-order valence-corrected chi connectivity index (χ1v) is 9.05. The minimum atomic E-state index is -0.325. The van der Waals surface area contributed by atoms with Crippen LogP contribution < -0.4 is 10.6 Å². The van der Waals surface area contributed by atoms with Crippen LogP contribution in [0.1, 0.15) is 26.3 Å². The molecule has 2 N–H and O–H groups in total. The standard InChI is InChI=1S/C18H21BrN2O2S/c1-4-23-17(22)15-14(20-18(24)21-16(15)11(2)3)10-7-12-5-8-13(19)9-6-12/h5-11,14H,4H2,1-3H3,(H2,20,21,24)/b10-7+/t14-/m0/s1. The largest absolute Gasteiger partial charge is 0.463 e. The molecule has 2 rings (SSSR count). The van der Waals surface area contributed by atoms with E-state index in [0.717, 1.165) is 15.7 Å². The number of nitrogens with one attached hydrogen (secondary N) is 2. The monoisotopic (exact) mass is 408 g/mol. The van der Waals surface area contributed by atoms with Gasteiger partial charge in [-0.3, -0.25) is 0 Å². The van der Waals surface area contributed by atoms with Gasteiger partial charge in [0.05, 0.1) is 18.2 Å². The normalized spacial score (nSPS) is 17.9. The summed E-state index contributed by atoms with van der Waals surface area (Å²) in [6.07, 6.45) is 3.90. The molecular formula is C18H21BrN2O2S. The number of carbonyl (C=O) groups is 1. The highest BCUT2D eigenvalue weighted by atomic mass is 79.9. The second kappa shape index (κ2) is 8.44. The van der Waals surface area contributed by atoms with Crippen molar-refractivity contribution in [2.24, 2.45) is 5.92 Å². The van der Waals surface area contributed by atoms with Gasteiger partial charge in [0.2, 0.25) is 0 Å². The molecule has 1 atom stereocenters. The number of esters is 1. The van der Waals surface area contributed by atoms with E-state index in [0.29, 0.717) is 17.3 Å². The van der Waals surface area contributed by atoms with Gasteiger partial charge in [-0.25, -0.2) is 4.79 Å². The first kappa shape index (κ1) is 18.7. The molecule has 1 aliphatic rings. The predicted octanol–water partition coefficient (Wildman–Crippen LogP) is 3.78. The highest BCUT2D eigenvalue weighted by molar-refractivity contribution is 9.10. The van der Waals surface area contributed by atoms with Crippen LogP contribution in [0.15, 0.2) is 46.1 Å². The Hall–Kier alpha value is -1.66. The summed E-state index contributed by atoms with van der Waals surface area (Å²) < 4.78 is 6.26. The molecule has 128 valence electrons. The predicted molar refractivity (Wildman–Crippen MR) is 104 cm³/mol. The first-order chi connectivity index (χ1) is 11.4. The highest BCUT2D eigenvalue weighted by Crippen LogP contribution is 2.22. The van der Waals surface area contributed by atoms with Crippen LogP contribution in [0.25, 0.3) is 6.08 Å². The highest BCUT2D eigenvalue weighted by Gasteiger charge is 2.30. The molecule has 0 aromatic heterocycles. The molecule has 0 saturated carbocycles. The molecule has 6 heteroatoms. The number of hydrogen-bond donors (Lipinski definition) is 2. The number of halogens is 1. The van der Waals surface area contributed by atoms with E-state index in [1.807, 2.05) is 50.3 Å². The molecule has 0 unspecified atom stereocenters. The van der Waals surface area contributed by atoms with Crippen molar-refractivity contribution in [3.8, 4) is 0 Å². The number of carbonyl (C=O) groups excluding carboxylic acids is 1. The van der Waals surface area contributed by atoms with Gasteiger partial charge in [0.15, 0.2) is 5.11 Å². The van der Waals surface area contributed by atoms with E-state index < -0.39 is 0 Å². The van der Waals surface area contributed by atoms with Crippen LogP contribution in [-0.4, -0.2) is 23.7 Å². The third kappa shape index (κ3) is 4.68. The summed E-state index contributed by atoms with van der Waals surface area (Å²) in [4.78, 5) is 12.4. The van der Waals surface area contributed by atoms with Crippen molar-refractivity contribution < 1.29 is 9.53 Å². The van der Waals surface area contributed by atoms with E-state index in [1.165, 1.54) is 0 Å². The smallest absolute Gasteiger partial charge is 0.338 e. The van der Waals surface area contributed by atoms with Crippen molar-refractivity contribution in [1.82, 2.24) is 10.6 Å². The molecule has 0 saturated heterocycles. The van der Waals surface area contributed by atoms with Crippen LogP contribution in [0.4, 0.5) is 0 Å². The lowest BCUT2D eigenvalue weighted by Gasteiger charge is -2.30. The van der Waals surface area contributed by atoms with Crippen LogP contribution in [0.3, 0.4) is 0 Å². The van der Waals surface area contributed by atoms with E-state index in [9.17, 15) is 4.79 Å². The number of allylic oxidation sites excluding steroid dienone is 1. The summed E-state index contributed by atoms with van der Waals surface area (Å²) in [6.45, 7) is 6.17. The van der Waals surface area contributed by atoms with Gasteiger partial charge in [0, 0.05) is 10.2 Å². The number of ether oxygens (including phenoxy) is 1. The Morgan fingerprint density at radius 2 is 2.04 bits per heavy atom. The molecule has 0 fully saturated rings. The Morgan fingerprint density at radius 1 is 1.38 bits per heavy atom. The zero-order valence-corrected chi connectivity index (χ0v) is 16.3. The third-order valence-corrected chi connectivity index (χ3v) is 4.31. The summed E-state index contributed by atoms with van der Waals surface area (Å²) in [7, 11) is 0. The zero-order valence-electron chi connectivity index (χ0n) is 13.9. The van der Waals surface area contributed by atoms with Crippen molar-refractivity contribution in [3.05, 3.63) is 51.6 Å². The van der Waals surface area contributed by atoms with Crippen molar-refractivity contribution in [2.75, 3.05) is 6.61 Å². The maximum absolute atomic E-state index is 12.4. The summed E-state index contributed by atoms with van der Waals surface area (Å²) in [5.74, 6) is -0.192. The van der Waals surface area contributed by atoms with Gasteiger partial charge in [-0.2, -0.15) is 0 Å². The van der Waals surface area contributed by atoms with Crippen molar-refractivity contribution >= 4 is 45.3 Å². The van der Waals surface area contributed by atoms with E-state index in [2.05, 4.69) is 26.6 Å². The number of hydrogen-bond acceptors (Lipinski definition) is 3. The molecule has 0 aliphatic carbocycles. The molecule has 24 heavy (non-hydrogen) atoms. The lowest BCUT2D eigenvalue weighted by molar-refractivity contribution is -0.138. The lowest BCUT2D eigenvalue weighted by Crippen LogP contribution is -2.50. The van der Waals surface area contributed by atoms with E-state index in [4.69, 9.17) is 17.0 Å². The Labute approximate surface area is 156 Å². The van der Waals surface area contributed by atoms with Crippen LogP contribution in [0.2, 0.25) is 0 Å². The minimum Gasteiger partial charge on any atom is -0.463 e. The van der Waals surface area contributed by atoms with Crippen LogP contribution in [0.5, 0.6) is 0 Å². The summed E-state index contributed by atoms with van der Waals surface area (Å²) in [6, 6.07) is 7.62. The fourth-order valence-corrected chi connectivity index (χ4v) is 2.93. The minimum absolute atomic E-state index is 0.132. The van der Waals surface area contributed by atoms with Gasteiger partial charge in [-0.1, -0.05) is 54.1 Å². The molecule has 0 amide bonds. The van der Waals surface area contributed by atoms with Crippen LogP contribution in [-0.2, 0) is 9.53 Å². The zero-order chi connectivity index (χ0) is 17.7. The molecule has 0 spiro atoms. The van der Waals surface area contributed by atoms with Gasteiger partial charge in [0.1, 0.15) is 0 Å². The molecule has 1 aliphatic heterocycles. The lowest BCUT2D eigenvalue weighted by atomic mass is 9.95. The third-order valence-electron chi connectivity index (χ3n) is 3.56. The topological polar surface area (TPSA) is 50.4 Å². The second-order valence-electron chi connectivity index (χ2n) is 5.69. The molecule has 0 bridgehead atoms. The van der Waals surface area contributed by atoms with Crippen molar-refractivity contribution in [2.45, 2.75) is 26.8 Å². The van der Waals surface area contributed by atoms with Gasteiger partial charge >= 0.3 is 5.97 Å². The Balaban J connectivity index is 2.36. The quantitative estimate of drug-likeness (QED) is 0.573. The van der Waals surface area contributed by atoms with Crippen molar-refractivity contribution in [1.29, 1.82) is 0 Å². The molecule has 1 heterocycles. The Kier molecular flexibility index (Phi) is 6.57. The van der Waals surface area contributed by atoms with E-state index in [1.54, 1.807) is 6.92 Å². The molecule has 0 radical (unpaired) electrons. The van der Waals surface area contributed by atoms with Gasteiger partial charge in [0.25, 0.3) is 0 Å². The van der Waals surface area contributed by atoms with Crippen LogP contribution >= 0.6 is 28.1 Å². The summed E-state index contributed by atoms with van der Waals surface area (Å²) in [5.41, 5.74) is 2.43. The SMILES string of the molecule is CCOC(=O)C1=C(C(C)C)NC(=S)N[C@H]1/C=C/c1ccc(Br)cc1. The molecule has 4 nitrogen and oxygen atoms in total. The summed E-state index contributed by atoms with van der Waals surface area (Å²) >= 11 is 8.70. The number of rotatable bonds is 5. The maximum Gasteiger partial charge on any atom is 0.338 e. The average molecular weight is 409 g/mol. The Bertz CT molecular complexity index is 681. The van der Waals surface area contributed by atoms with E-state index >= 15 is 0 Å². The second-order valence-corrected chi connectivity index (χ2v) is 7.01. The maximum atomic E-state index is 12.4. The number of thiocarbonyl (C=S) groups is 1. The molecule has 1 aromatic carbocycles. The van der Waals surface area contributed by atoms with Gasteiger partial charge < -0.3 is 15.4 Å². The van der Waals surface area contributed by atoms with Crippen molar-refractivity contribution in [3.63, 3.8) is 0 Å². The Morgan fingerprint density at radius 3 is 2.62 bits per heavy atom. The number of benzene rings is 1. The fraction of sp³-hybridized carbons (Fsp3) is 0.333. The first-order valence-electron chi connectivity index (χ1n) is 7.84. The van der Waals surface area contributed by atoms with Gasteiger partial charge in [-0.15, -0.1) is 0 Å². The molecule has 1 aromatic rings.